The van der Waals surface area contributed by atoms with Crippen LogP contribution in [0, 0.1) is 5.92 Å². The Balaban J connectivity index is 2.88. The van der Waals surface area contributed by atoms with Crippen molar-refractivity contribution in [3.63, 3.8) is 0 Å². The van der Waals surface area contributed by atoms with Gasteiger partial charge in [0.25, 0.3) is 0 Å². The number of rotatable bonds is 7. The smallest absolute Gasteiger partial charge is 0.0593 e. The van der Waals surface area contributed by atoms with Gasteiger partial charge < -0.3 is 5.73 Å². The highest BCUT2D eigenvalue weighted by atomic mass is 32.1. The van der Waals surface area contributed by atoms with Crippen molar-refractivity contribution in [3.8, 4) is 0 Å². The molecule has 0 aliphatic carbocycles. The first-order valence-electron chi connectivity index (χ1n) is 6.63. The van der Waals surface area contributed by atoms with Gasteiger partial charge in [-0.25, -0.2) is 0 Å². The number of thiophene rings is 1. The number of hydrogen-bond donors (Lipinski definition) is 1. The summed E-state index contributed by atoms with van der Waals surface area (Å²) >= 11 is 1.82. The van der Waals surface area contributed by atoms with E-state index in [2.05, 4.69) is 50.1 Å². The van der Waals surface area contributed by atoms with Crippen LogP contribution >= 0.6 is 11.3 Å². The standard InChI is InChI=1S/C14H26N2S/c1-5-12(15)14(13-8-7-9-17-13)16(6-2)10-11(3)4/h7-9,11-12,14H,5-6,10,15H2,1-4H3. The summed E-state index contributed by atoms with van der Waals surface area (Å²) in [6, 6.07) is 4.95. The van der Waals surface area contributed by atoms with Crippen LogP contribution in [0.15, 0.2) is 17.5 Å². The summed E-state index contributed by atoms with van der Waals surface area (Å²) in [4.78, 5) is 3.92. The summed E-state index contributed by atoms with van der Waals surface area (Å²) in [6.45, 7) is 11.1. The second-order valence-electron chi connectivity index (χ2n) is 5.01. The fraction of sp³-hybridized carbons (Fsp3) is 0.714. The molecule has 2 N–H and O–H groups in total. The molecule has 0 aliphatic rings. The Kier molecular flexibility index (Phi) is 6.17. The molecule has 1 heterocycles. The van der Waals surface area contributed by atoms with Crippen LogP contribution in [-0.4, -0.2) is 24.0 Å². The van der Waals surface area contributed by atoms with E-state index in [0.29, 0.717) is 12.0 Å². The maximum Gasteiger partial charge on any atom is 0.0593 e. The molecule has 1 aromatic heterocycles. The second-order valence-corrected chi connectivity index (χ2v) is 5.99. The first kappa shape index (κ1) is 14.7. The van der Waals surface area contributed by atoms with Crippen molar-refractivity contribution in [1.29, 1.82) is 0 Å². The summed E-state index contributed by atoms with van der Waals surface area (Å²) in [5.41, 5.74) is 6.33. The molecule has 2 unspecified atom stereocenters. The SMILES string of the molecule is CCC(N)C(c1cccs1)N(CC)CC(C)C. The van der Waals surface area contributed by atoms with Crippen LogP contribution < -0.4 is 5.73 Å². The molecule has 3 heteroatoms. The lowest BCUT2D eigenvalue weighted by Crippen LogP contribution is -2.42. The molecule has 2 atom stereocenters. The average molecular weight is 254 g/mol. The summed E-state index contributed by atoms with van der Waals surface area (Å²) in [7, 11) is 0. The van der Waals surface area contributed by atoms with Crippen LogP contribution in [0.25, 0.3) is 0 Å². The second kappa shape index (κ2) is 7.14. The van der Waals surface area contributed by atoms with Crippen LogP contribution in [0.3, 0.4) is 0 Å². The molecule has 0 aromatic carbocycles. The van der Waals surface area contributed by atoms with Crippen LogP contribution in [0.4, 0.5) is 0 Å². The minimum atomic E-state index is 0.229. The van der Waals surface area contributed by atoms with E-state index in [4.69, 9.17) is 5.73 Å². The quantitative estimate of drug-likeness (QED) is 0.807. The summed E-state index contributed by atoms with van der Waals surface area (Å²) in [5.74, 6) is 0.682. The molecule has 17 heavy (non-hydrogen) atoms. The van der Waals surface area contributed by atoms with Crippen molar-refractivity contribution in [2.24, 2.45) is 11.7 Å². The van der Waals surface area contributed by atoms with Crippen molar-refractivity contribution in [3.05, 3.63) is 22.4 Å². The number of likely N-dealkylation sites (N-methyl/N-ethyl adjacent to an activating group) is 1. The third-order valence-electron chi connectivity index (χ3n) is 3.11. The van der Waals surface area contributed by atoms with Crippen molar-refractivity contribution in [1.82, 2.24) is 4.90 Å². The van der Waals surface area contributed by atoms with Crippen LogP contribution in [-0.2, 0) is 0 Å². The molecule has 0 spiro atoms. The lowest BCUT2D eigenvalue weighted by atomic mass is 10.0. The summed E-state index contributed by atoms with van der Waals surface area (Å²) in [6.07, 6.45) is 1.02. The highest BCUT2D eigenvalue weighted by Gasteiger charge is 2.25. The molecule has 0 bridgehead atoms. The zero-order valence-corrected chi connectivity index (χ0v) is 12.3. The zero-order chi connectivity index (χ0) is 12.8. The van der Waals surface area contributed by atoms with Gasteiger partial charge in [0.1, 0.15) is 0 Å². The van der Waals surface area contributed by atoms with E-state index in [0.717, 1.165) is 19.5 Å². The third kappa shape index (κ3) is 4.09. The molecular weight excluding hydrogens is 228 g/mol. The number of nitrogens with zero attached hydrogens (tertiary/aromatic N) is 1. The fourth-order valence-corrected chi connectivity index (χ4v) is 3.19. The van der Waals surface area contributed by atoms with Gasteiger partial charge in [-0.3, -0.25) is 4.90 Å². The maximum atomic E-state index is 6.33. The number of hydrogen-bond acceptors (Lipinski definition) is 3. The minimum Gasteiger partial charge on any atom is -0.326 e. The van der Waals surface area contributed by atoms with Crippen molar-refractivity contribution in [2.45, 2.75) is 46.2 Å². The number of nitrogens with two attached hydrogens (primary N) is 1. The molecule has 0 aliphatic heterocycles. The van der Waals surface area contributed by atoms with Gasteiger partial charge in [0.05, 0.1) is 6.04 Å². The Bertz CT molecular complexity index is 295. The molecule has 0 saturated heterocycles. The fourth-order valence-electron chi connectivity index (χ4n) is 2.25. The van der Waals surface area contributed by atoms with Gasteiger partial charge in [-0.05, 0) is 30.3 Å². The summed E-state index contributed by atoms with van der Waals surface area (Å²) < 4.78 is 0. The van der Waals surface area contributed by atoms with E-state index in [-0.39, 0.29) is 6.04 Å². The van der Waals surface area contributed by atoms with Crippen LogP contribution in [0.2, 0.25) is 0 Å². The van der Waals surface area contributed by atoms with Crippen LogP contribution in [0.1, 0.15) is 45.0 Å². The molecule has 1 aromatic rings. The summed E-state index contributed by atoms with van der Waals surface area (Å²) in [5, 5.41) is 2.15. The van der Waals surface area contributed by atoms with E-state index < -0.39 is 0 Å². The van der Waals surface area contributed by atoms with E-state index in [1.54, 1.807) is 0 Å². The Labute approximate surface area is 110 Å². The van der Waals surface area contributed by atoms with Gasteiger partial charge in [-0.2, -0.15) is 0 Å². The highest BCUT2D eigenvalue weighted by molar-refractivity contribution is 7.10. The Hall–Kier alpha value is -0.380. The molecule has 0 amide bonds. The molecule has 1 rings (SSSR count). The van der Waals surface area contributed by atoms with Crippen molar-refractivity contribution < 1.29 is 0 Å². The minimum absolute atomic E-state index is 0.229. The molecule has 0 saturated carbocycles. The van der Waals surface area contributed by atoms with E-state index in [1.807, 2.05) is 11.3 Å². The molecule has 2 nitrogen and oxygen atoms in total. The predicted octanol–water partition coefficient (Wildman–Crippen LogP) is 3.50. The Morgan fingerprint density at radius 3 is 2.47 bits per heavy atom. The largest absolute Gasteiger partial charge is 0.326 e. The lowest BCUT2D eigenvalue weighted by molar-refractivity contribution is 0.162. The Morgan fingerprint density at radius 1 is 1.35 bits per heavy atom. The normalized spacial score (nSPS) is 15.5. The molecule has 0 radical (unpaired) electrons. The molecule has 0 fully saturated rings. The van der Waals surface area contributed by atoms with Crippen LogP contribution in [0.5, 0.6) is 0 Å². The van der Waals surface area contributed by atoms with E-state index in [1.165, 1.54) is 4.88 Å². The first-order chi connectivity index (χ1) is 8.10. The van der Waals surface area contributed by atoms with Crippen molar-refractivity contribution >= 4 is 11.3 Å². The maximum absolute atomic E-state index is 6.33. The predicted molar refractivity (Wildman–Crippen MR) is 77.4 cm³/mol. The first-order valence-corrected chi connectivity index (χ1v) is 7.51. The zero-order valence-electron chi connectivity index (χ0n) is 11.5. The molecule has 98 valence electrons. The molecular formula is C14H26N2S. The van der Waals surface area contributed by atoms with E-state index in [9.17, 15) is 0 Å². The van der Waals surface area contributed by atoms with Gasteiger partial charge in [0.15, 0.2) is 0 Å². The topological polar surface area (TPSA) is 29.3 Å². The average Bonchev–Trinajstić information content (AvgIpc) is 2.80. The van der Waals surface area contributed by atoms with Gasteiger partial charge >= 0.3 is 0 Å². The highest BCUT2D eigenvalue weighted by Crippen LogP contribution is 2.29. The van der Waals surface area contributed by atoms with Gasteiger partial charge in [0, 0.05) is 17.5 Å². The Morgan fingerprint density at radius 2 is 2.06 bits per heavy atom. The third-order valence-corrected chi connectivity index (χ3v) is 4.05. The van der Waals surface area contributed by atoms with Gasteiger partial charge in [0.2, 0.25) is 0 Å². The van der Waals surface area contributed by atoms with Crippen molar-refractivity contribution in [2.75, 3.05) is 13.1 Å². The lowest BCUT2D eigenvalue weighted by Gasteiger charge is -2.35. The van der Waals surface area contributed by atoms with E-state index >= 15 is 0 Å². The monoisotopic (exact) mass is 254 g/mol. The van der Waals surface area contributed by atoms with Gasteiger partial charge in [-0.15, -0.1) is 11.3 Å². The van der Waals surface area contributed by atoms with Gasteiger partial charge in [-0.1, -0.05) is 33.8 Å².